The first kappa shape index (κ1) is 24.9. The number of amides is 1. The molecule has 1 spiro atoms. The topological polar surface area (TPSA) is 113 Å². The van der Waals surface area contributed by atoms with Crippen LogP contribution in [0, 0.1) is 12.3 Å². The highest BCUT2D eigenvalue weighted by Gasteiger charge is 2.52. The molecule has 9 nitrogen and oxygen atoms in total. The molecule has 2 saturated carbocycles. The molecule has 1 atom stereocenters. The second kappa shape index (κ2) is 10.4. The number of β-amino-alcohol motifs (C(OH)–C–C–N with tert-alkyl or cyclic N) is 1. The van der Waals surface area contributed by atoms with Gasteiger partial charge in [0.1, 0.15) is 18.2 Å². The Kier molecular flexibility index (Phi) is 6.80. The van der Waals surface area contributed by atoms with E-state index in [0.29, 0.717) is 35.9 Å². The number of hydrogen-bond acceptors (Lipinski definition) is 8. The van der Waals surface area contributed by atoms with Gasteiger partial charge >= 0.3 is 0 Å². The zero-order valence-electron chi connectivity index (χ0n) is 21.8. The number of rotatable bonds is 10. The number of aliphatic hydroxyl groups excluding tert-OH is 1. The number of aromatic nitrogens is 2. The lowest BCUT2D eigenvalue weighted by atomic mass is 9.77. The van der Waals surface area contributed by atoms with Gasteiger partial charge in [0.05, 0.1) is 12.3 Å². The first-order chi connectivity index (χ1) is 18.5. The molecule has 2 aliphatic carbocycles. The molecular formula is C29H35N5O4. The molecule has 6 rings (SSSR count). The van der Waals surface area contributed by atoms with Crippen LogP contribution in [0.3, 0.4) is 0 Å². The molecule has 1 amide bonds. The first-order valence-electron chi connectivity index (χ1n) is 13.5. The van der Waals surface area contributed by atoms with Crippen molar-refractivity contribution in [1.82, 2.24) is 20.2 Å². The summed E-state index contributed by atoms with van der Waals surface area (Å²) in [5.74, 6) is 2.09. The van der Waals surface area contributed by atoms with Crippen molar-refractivity contribution < 1.29 is 19.1 Å². The number of fused-ring (bicyclic) bond motifs is 1. The predicted molar refractivity (Wildman–Crippen MR) is 142 cm³/mol. The first-order valence-corrected chi connectivity index (χ1v) is 13.5. The number of anilines is 1. The second-order valence-electron chi connectivity index (χ2n) is 11.1. The van der Waals surface area contributed by atoms with E-state index in [2.05, 4.69) is 38.5 Å². The van der Waals surface area contributed by atoms with Crippen LogP contribution in [0.2, 0.25) is 0 Å². The Hall–Kier alpha value is -3.43. The fourth-order valence-corrected chi connectivity index (χ4v) is 5.86. The molecule has 3 aliphatic rings. The third kappa shape index (κ3) is 5.54. The quantitative estimate of drug-likeness (QED) is 0.375. The molecule has 2 fully saturated rings. The van der Waals surface area contributed by atoms with Gasteiger partial charge in [0.15, 0.2) is 12.2 Å². The number of pyridine rings is 1. The van der Waals surface area contributed by atoms with Crippen LogP contribution in [0.25, 0.3) is 0 Å². The molecule has 9 heteroatoms. The van der Waals surface area contributed by atoms with Crippen LogP contribution in [0.4, 0.5) is 5.82 Å². The van der Waals surface area contributed by atoms with E-state index in [0.717, 1.165) is 36.6 Å². The number of nitrogens with zero attached hydrogens (tertiary/aromatic N) is 3. The average molecular weight is 518 g/mol. The van der Waals surface area contributed by atoms with Crippen molar-refractivity contribution >= 4 is 11.7 Å². The Morgan fingerprint density at radius 2 is 2.18 bits per heavy atom. The van der Waals surface area contributed by atoms with Crippen LogP contribution in [0.5, 0.6) is 5.75 Å². The second-order valence-corrected chi connectivity index (χ2v) is 11.1. The van der Waals surface area contributed by atoms with Crippen molar-refractivity contribution in [3.8, 4) is 5.75 Å². The molecule has 0 unspecified atom stereocenters. The van der Waals surface area contributed by atoms with Gasteiger partial charge < -0.3 is 24.9 Å². The maximum absolute atomic E-state index is 12.7. The minimum absolute atomic E-state index is 0.195. The summed E-state index contributed by atoms with van der Waals surface area (Å²) in [5, 5.41) is 17.0. The zero-order valence-corrected chi connectivity index (χ0v) is 21.8. The third-order valence-corrected chi connectivity index (χ3v) is 8.23. The minimum atomic E-state index is -0.657. The molecular weight excluding hydrogens is 482 g/mol. The van der Waals surface area contributed by atoms with Gasteiger partial charge in [-0.2, -0.15) is 0 Å². The smallest absolute Gasteiger partial charge is 0.251 e. The summed E-state index contributed by atoms with van der Waals surface area (Å²) in [5.41, 5.74) is 4.86. The van der Waals surface area contributed by atoms with Gasteiger partial charge in [-0.15, -0.1) is 0 Å². The highest BCUT2D eigenvalue weighted by atomic mass is 16.5. The summed E-state index contributed by atoms with van der Waals surface area (Å²) in [7, 11) is 0. The maximum atomic E-state index is 12.7. The van der Waals surface area contributed by atoms with Crippen molar-refractivity contribution in [1.29, 1.82) is 0 Å². The van der Waals surface area contributed by atoms with Crippen LogP contribution in [-0.4, -0.2) is 57.7 Å². The fraction of sp³-hybridized carbons (Fsp3) is 0.483. The van der Waals surface area contributed by atoms with Gasteiger partial charge in [0.25, 0.3) is 5.91 Å². The number of carbonyl (C=O) groups excluding carboxylic acids is 1. The number of benzene rings is 1. The van der Waals surface area contributed by atoms with Crippen molar-refractivity contribution in [2.24, 2.45) is 5.41 Å². The lowest BCUT2D eigenvalue weighted by Gasteiger charge is -2.36. The van der Waals surface area contributed by atoms with Crippen LogP contribution in [-0.2, 0) is 19.6 Å². The summed E-state index contributed by atoms with van der Waals surface area (Å²) in [6.45, 7) is 4.73. The molecule has 0 saturated heterocycles. The lowest BCUT2D eigenvalue weighted by Crippen LogP contribution is -2.42. The number of aliphatic hydroxyl groups is 1. The molecule has 0 radical (unpaired) electrons. The van der Waals surface area contributed by atoms with Gasteiger partial charge in [-0.1, -0.05) is 6.07 Å². The molecule has 1 aliphatic heterocycles. The Labute approximate surface area is 222 Å². The molecule has 0 bridgehead atoms. The van der Waals surface area contributed by atoms with Crippen molar-refractivity contribution in [2.45, 2.75) is 64.3 Å². The van der Waals surface area contributed by atoms with Gasteiger partial charge in [-0.3, -0.25) is 9.69 Å². The van der Waals surface area contributed by atoms with E-state index in [1.807, 2.05) is 6.07 Å². The van der Waals surface area contributed by atoms with Gasteiger partial charge in [0, 0.05) is 44.0 Å². The molecule has 38 heavy (non-hydrogen) atoms. The molecule has 3 heterocycles. The normalized spacial score (nSPS) is 18.9. The molecule has 200 valence electrons. The van der Waals surface area contributed by atoms with Crippen LogP contribution < -0.4 is 15.4 Å². The van der Waals surface area contributed by atoms with Crippen molar-refractivity contribution in [3.63, 3.8) is 0 Å². The maximum Gasteiger partial charge on any atom is 0.251 e. The minimum Gasteiger partial charge on any atom is -0.485 e. The highest BCUT2D eigenvalue weighted by Crippen LogP contribution is 2.61. The van der Waals surface area contributed by atoms with E-state index in [-0.39, 0.29) is 12.5 Å². The van der Waals surface area contributed by atoms with Crippen LogP contribution in [0.15, 0.2) is 47.5 Å². The summed E-state index contributed by atoms with van der Waals surface area (Å²) >= 11 is 0. The summed E-state index contributed by atoms with van der Waals surface area (Å²) in [6, 6.07) is 8.07. The monoisotopic (exact) mass is 517 g/mol. The lowest BCUT2D eigenvalue weighted by molar-refractivity contribution is 0.0841. The largest absolute Gasteiger partial charge is 0.485 e. The molecule has 3 N–H and O–H groups in total. The standard InChI is InChI=1S/C29H35N5O4/c1-19-25-5-9-34(15-21(25)2-3-26(19)37-17-24-14-30-18-38-24)16-23(35)13-32-28(36)20-4-8-31-27(10-20)33-22-11-29(12-22)6-7-29/h2-4,8,10,14,18,22-23,35H,5-7,9,11-13,15-17H2,1H3,(H,31,33)(H,32,36)/t23-/m0/s1. The van der Waals surface area contributed by atoms with Gasteiger partial charge in [0.2, 0.25) is 0 Å². The van der Waals surface area contributed by atoms with E-state index < -0.39 is 6.10 Å². The summed E-state index contributed by atoms with van der Waals surface area (Å²) < 4.78 is 11.2. The van der Waals surface area contributed by atoms with Crippen LogP contribution >= 0.6 is 0 Å². The Balaban J connectivity index is 0.968. The van der Waals surface area contributed by atoms with Crippen molar-refractivity contribution in [3.05, 3.63) is 71.1 Å². The Bertz CT molecular complexity index is 1280. The molecule has 1 aromatic carbocycles. The number of hydrogen-bond donors (Lipinski definition) is 3. The number of oxazole rings is 1. The third-order valence-electron chi connectivity index (χ3n) is 8.23. The highest BCUT2D eigenvalue weighted by molar-refractivity contribution is 5.94. The van der Waals surface area contributed by atoms with Gasteiger partial charge in [-0.25, -0.2) is 9.97 Å². The van der Waals surface area contributed by atoms with E-state index in [9.17, 15) is 9.90 Å². The molecule has 2 aromatic heterocycles. The van der Waals surface area contributed by atoms with E-state index in [4.69, 9.17) is 9.15 Å². The number of ether oxygens (including phenoxy) is 1. The average Bonchev–Trinajstić information content (AvgIpc) is 3.52. The number of carbonyl (C=O) groups is 1. The summed E-state index contributed by atoms with van der Waals surface area (Å²) in [6.07, 6.45) is 10.1. The fourth-order valence-electron chi connectivity index (χ4n) is 5.86. The van der Waals surface area contributed by atoms with E-state index in [1.165, 1.54) is 43.2 Å². The molecule has 3 aromatic rings. The predicted octanol–water partition coefficient (Wildman–Crippen LogP) is 3.46. The van der Waals surface area contributed by atoms with E-state index >= 15 is 0 Å². The SMILES string of the molecule is Cc1c(OCc2cnco2)ccc2c1CCN(C[C@@H](O)CNC(=O)c1ccnc(NC3CC4(CC4)C3)c1)C2. The Morgan fingerprint density at radius 1 is 1.32 bits per heavy atom. The van der Waals surface area contributed by atoms with Crippen molar-refractivity contribution in [2.75, 3.05) is 25.0 Å². The Morgan fingerprint density at radius 3 is 2.97 bits per heavy atom. The zero-order chi connectivity index (χ0) is 26.1. The number of nitrogens with one attached hydrogen (secondary N) is 2. The van der Waals surface area contributed by atoms with E-state index in [1.54, 1.807) is 24.5 Å². The van der Waals surface area contributed by atoms with Gasteiger partial charge in [-0.05, 0) is 79.3 Å². The summed E-state index contributed by atoms with van der Waals surface area (Å²) in [4.78, 5) is 23.2. The van der Waals surface area contributed by atoms with Crippen LogP contribution in [0.1, 0.15) is 58.5 Å².